The Hall–Kier alpha value is -0.570. The summed E-state index contributed by atoms with van der Waals surface area (Å²) in [5.41, 5.74) is 5.46. The monoisotopic (exact) mass is 341 g/mol. The van der Waals surface area contributed by atoms with E-state index in [0.29, 0.717) is 19.6 Å². The van der Waals surface area contributed by atoms with E-state index < -0.39 is 0 Å². The molecule has 0 amide bonds. The third kappa shape index (κ3) is 16.3. The van der Waals surface area contributed by atoms with Crippen molar-refractivity contribution in [2.75, 3.05) is 13.2 Å². The fraction of sp³-hybridized carbons (Fsp3) is 0.952. The Labute approximate surface area is 151 Å². The summed E-state index contributed by atoms with van der Waals surface area (Å²) >= 11 is 0. The average Bonchev–Trinajstić information content (AvgIpc) is 2.58. The van der Waals surface area contributed by atoms with Crippen LogP contribution in [0.4, 0.5) is 0 Å². The predicted molar refractivity (Wildman–Crippen MR) is 104 cm³/mol. The first-order valence-electron chi connectivity index (χ1n) is 10.6. The van der Waals surface area contributed by atoms with E-state index in [1.807, 2.05) is 0 Å². The molecular weight excluding hydrogens is 298 g/mol. The maximum absolute atomic E-state index is 11.7. The van der Waals surface area contributed by atoms with Gasteiger partial charge in [0, 0.05) is 6.42 Å². The first-order valence-corrected chi connectivity index (χ1v) is 10.6. The van der Waals surface area contributed by atoms with Crippen molar-refractivity contribution in [1.82, 2.24) is 0 Å². The summed E-state index contributed by atoms with van der Waals surface area (Å²) in [6, 6.07) is 0. The molecule has 144 valence electrons. The minimum atomic E-state index is -0.0252. The van der Waals surface area contributed by atoms with Crippen LogP contribution in [0.2, 0.25) is 0 Å². The molecule has 0 aromatic carbocycles. The molecule has 0 aliphatic carbocycles. The lowest BCUT2D eigenvalue weighted by Gasteiger charge is -2.17. The van der Waals surface area contributed by atoms with Crippen molar-refractivity contribution in [3.05, 3.63) is 0 Å². The standard InChI is InChI=1S/C21H43NO2/c1-3-5-7-10-14-20(15-11-8-6-4-2)17-19-24-21(23)16-12-9-13-18-22/h20H,3-19,22H2,1-2H3. The SMILES string of the molecule is CCCCCCC(CCCCCC)CCOC(=O)CCCCCN. The molecule has 0 aliphatic heterocycles. The fourth-order valence-corrected chi connectivity index (χ4v) is 3.15. The number of rotatable bonds is 18. The first-order chi connectivity index (χ1) is 11.7. The van der Waals surface area contributed by atoms with Gasteiger partial charge in [0.25, 0.3) is 0 Å². The Balaban J connectivity index is 3.84. The second kappa shape index (κ2) is 18.8. The summed E-state index contributed by atoms with van der Waals surface area (Å²) in [6.45, 7) is 5.85. The van der Waals surface area contributed by atoms with E-state index in [1.165, 1.54) is 64.2 Å². The van der Waals surface area contributed by atoms with Gasteiger partial charge in [-0.15, -0.1) is 0 Å². The molecule has 2 N–H and O–H groups in total. The van der Waals surface area contributed by atoms with E-state index in [4.69, 9.17) is 10.5 Å². The van der Waals surface area contributed by atoms with Gasteiger partial charge in [-0.25, -0.2) is 0 Å². The van der Waals surface area contributed by atoms with Crippen LogP contribution in [0.5, 0.6) is 0 Å². The molecule has 0 radical (unpaired) electrons. The number of esters is 1. The summed E-state index contributed by atoms with van der Waals surface area (Å²) in [7, 11) is 0. The predicted octanol–water partition coefficient (Wildman–Crippen LogP) is 6.00. The smallest absolute Gasteiger partial charge is 0.305 e. The lowest BCUT2D eigenvalue weighted by Crippen LogP contribution is -2.11. The molecule has 0 aromatic rings. The highest BCUT2D eigenvalue weighted by molar-refractivity contribution is 5.69. The molecule has 3 nitrogen and oxygen atoms in total. The van der Waals surface area contributed by atoms with Crippen LogP contribution in [0, 0.1) is 5.92 Å². The zero-order valence-electron chi connectivity index (χ0n) is 16.5. The van der Waals surface area contributed by atoms with Gasteiger partial charge in [-0.1, -0.05) is 84.5 Å². The third-order valence-corrected chi connectivity index (χ3v) is 4.81. The lowest BCUT2D eigenvalue weighted by atomic mass is 9.92. The van der Waals surface area contributed by atoms with E-state index in [-0.39, 0.29) is 5.97 Å². The average molecular weight is 342 g/mol. The minimum Gasteiger partial charge on any atom is -0.466 e. The topological polar surface area (TPSA) is 52.3 Å². The number of carbonyl (C=O) groups is 1. The molecule has 0 atom stereocenters. The van der Waals surface area contributed by atoms with E-state index >= 15 is 0 Å². The highest BCUT2D eigenvalue weighted by Crippen LogP contribution is 2.21. The summed E-state index contributed by atoms with van der Waals surface area (Å²) in [5, 5.41) is 0. The Morgan fingerprint density at radius 2 is 1.38 bits per heavy atom. The van der Waals surface area contributed by atoms with Crippen molar-refractivity contribution < 1.29 is 9.53 Å². The Kier molecular flexibility index (Phi) is 18.3. The van der Waals surface area contributed by atoms with Crippen molar-refractivity contribution in [1.29, 1.82) is 0 Å². The molecule has 0 bridgehead atoms. The van der Waals surface area contributed by atoms with Gasteiger partial charge >= 0.3 is 5.97 Å². The van der Waals surface area contributed by atoms with Crippen molar-refractivity contribution in [2.45, 2.75) is 110 Å². The van der Waals surface area contributed by atoms with Crippen molar-refractivity contribution in [3.8, 4) is 0 Å². The number of hydrogen-bond acceptors (Lipinski definition) is 3. The maximum Gasteiger partial charge on any atom is 0.305 e. The number of nitrogens with two attached hydrogens (primary N) is 1. The maximum atomic E-state index is 11.7. The molecule has 0 fully saturated rings. The van der Waals surface area contributed by atoms with Crippen LogP contribution in [0.15, 0.2) is 0 Å². The summed E-state index contributed by atoms with van der Waals surface area (Å²) < 4.78 is 5.44. The molecule has 0 unspecified atom stereocenters. The molecule has 0 aliphatic rings. The van der Waals surface area contributed by atoms with Gasteiger partial charge in [-0.3, -0.25) is 4.79 Å². The first kappa shape index (κ1) is 23.4. The van der Waals surface area contributed by atoms with E-state index in [1.54, 1.807) is 0 Å². The summed E-state index contributed by atoms with van der Waals surface area (Å²) in [4.78, 5) is 11.7. The molecular formula is C21H43NO2. The van der Waals surface area contributed by atoms with Crippen molar-refractivity contribution >= 4 is 5.97 Å². The van der Waals surface area contributed by atoms with Gasteiger partial charge in [0.2, 0.25) is 0 Å². The van der Waals surface area contributed by atoms with Gasteiger partial charge < -0.3 is 10.5 Å². The molecule has 0 aromatic heterocycles. The van der Waals surface area contributed by atoms with Gasteiger partial charge in [0.15, 0.2) is 0 Å². The van der Waals surface area contributed by atoms with E-state index in [9.17, 15) is 4.79 Å². The van der Waals surface area contributed by atoms with Gasteiger partial charge in [0.05, 0.1) is 6.61 Å². The number of hydrogen-bond donors (Lipinski definition) is 1. The molecule has 0 spiro atoms. The largest absolute Gasteiger partial charge is 0.466 e. The molecule has 3 heteroatoms. The Morgan fingerprint density at radius 1 is 0.792 bits per heavy atom. The zero-order valence-corrected chi connectivity index (χ0v) is 16.5. The molecule has 0 rings (SSSR count). The third-order valence-electron chi connectivity index (χ3n) is 4.81. The van der Waals surface area contributed by atoms with Crippen LogP contribution in [0.1, 0.15) is 110 Å². The lowest BCUT2D eigenvalue weighted by molar-refractivity contribution is -0.144. The van der Waals surface area contributed by atoms with Crippen LogP contribution in [-0.4, -0.2) is 19.1 Å². The second-order valence-corrected chi connectivity index (χ2v) is 7.17. The number of carbonyl (C=O) groups excluding carboxylic acids is 1. The summed E-state index contributed by atoms with van der Waals surface area (Å²) in [5.74, 6) is 0.714. The highest BCUT2D eigenvalue weighted by Gasteiger charge is 2.10. The zero-order chi connectivity index (χ0) is 17.9. The van der Waals surface area contributed by atoms with E-state index in [0.717, 1.165) is 31.6 Å². The highest BCUT2D eigenvalue weighted by atomic mass is 16.5. The van der Waals surface area contributed by atoms with Gasteiger partial charge in [-0.2, -0.15) is 0 Å². The van der Waals surface area contributed by atoms with Gasteiger partial charge in [0.1, 0.15) is 0 Å². The van der Waals surface area contributed by atoms with Crippen molar-refractivity contribution in [2.24, 2.45) is 11.7 Å². The van der Waals surface area contributed by atoms with Crippen LogP contribution in [0.25, 0.3) is 0 Å². The molecule has 0 saturated heterocycles. The minimum absolute atomic E-state index is 0.0252. The Bertz CT molecular complexity index is 257. The van der Waals surface area contributed by atoms with Crippen LogP contribution in [0.3, 0.4) is 0 Å². The van der Waals surface area contributed by atoms with E-state index in [2.05, 4.69) is 13.8 Å². The molecule has 0 heterocycles. The molecule has 24 heavy (non-hydrogen) atoms. The van der Waals surface area contributed by atoms with Crippen LogP contribution >= 0.6 is 0 Å². The van der Waals surface area contributed by atoms with Crippen molar-refractivity contribution in [3.63, 3.8) is 0 Å². The summed E-state index contributed by atoms with van der Waals surface area (Å²) in [6.07, 6.45) is 17.8. The normalized spacial score (nSPS) is 11.2. The Morgan fingerprint density at radius 3 is 1.92 bits per heavy atom. The fourth-order valence-electron chi connectivity index (χ4n) is 3.15. The van der Waals surface area contributed by atoms with Crippen LogP contribution in [-0.2, 0) is 9.53 Å². The second-order valence-electron chi connectivity index (χ2n) is 7.17. The molecule has 0 saturated carbocycles. The van der Waals surface area contributed by atoms with Crippen LogP contribution < -0.4 is 5.73 Å². The number of ether oxygens (including phenoxy) is 1. The number of unbranched alkanes of at least 4 members (excludes halogenated alkanes) is 8. The van der Waals surface area contributed by atoms with Gasteiger partial charge in [-0.05, 0) is 31.7 Å². The quantitative estimate of drug-likeness (QED) is 0.246.